The molecule has 2 heterocycles. The average molecular weight is 356 g/mol. The molecule has 0 aliphatic carbocycles. The molecule has 1 atom stereocenters. The van der Waals surface area contributed by atoms with Gasteiger partial charge in [0, 0.05) is 12.4 Å². The van der Waals surface area contributed by atoms with Gasteiger partial charge in [0.1, 0.15) is 6.04 Å². The Kier molecular flexibility index (Phi) is 5.84. The molecule has 0 saturated carbocycles. The van der Waals surface area contributed by atoms with Crippen molar-refractivity contribution in [3.63, 3.8) is 0 Å². The average Bonchev–Trinajstić information content (AvgIpc) is 3.33. The van der Waals surface area contributed by atoms with Gasteiger partial charge in [-0.15, -0.1) is 5.10 Å². The van der Waals surface area contributed by atoms with Crippen LogP contribution >= 0.6 is 11.8 Å². The standard InChI is InChI=1S/C17H20N6OS/c1-25-12-9-15(22-10-5-6-11-22)17(24)18-13-16-19-20-21-23(16)14-7-3-2-4-8-14/h2-8,10-11,15H,9,12-13H2,1H3,(H,18,24)/t15-/m1/s1. The summed E-state index contributed by atoms with van der Waals surface area (Å²) < 4.78 is 3.57. The van der Waals surface area contributed by atoms with Crippen LogP contribution in [0.15, 0.2) is 54.9 Å². The molecule has 1 aromatic carbocycles. The van der Waals surface area contributed by atoms with Gasteiger partial charge in [-0.1, -0.05) is 18.2 Å². The lowest BCUT2D eigenvalue weighted by atomic mass is 10.2. The van der Waals surface area contributed by atoms with Gasteiger partial charge in [0.25, 0.3) is 0 Å². The predicted octanol–water partition coefficient (Wildman–Crippen LogP) is 2.07. The Morgan fingerprint density at radius 3 is 2.68 bits per heavy atom. The van der Waals surface area contributed by atoms with Gasteiger partial charge in [-0.05, 0) is 53.1 Å². The van der Waals surface area contributed by atoms with Gasteiger partial charge in [-0.2, -0.15) is 16.4 Å². The third-order valence-electron chi connectivity index (χ3n) is 3.84. The topological polar surface area (TPSA) is 77.6 Å². The van der Waals surface area contributed by atoms with Gasteiger partial charge in [-0.25, -0.2) is 0 Å². The highest BCUT2D eigenvalue weighted by Gasteiger charge is 2.20. The number of nitrogens with one attached hydrogen (secondary N) is 1. The van der Waals surface area contributed by atoms with E-state index in [4.69, 9.17) is 0 Å². The van der Waals surface area contributed by atoms with Gasteiger partial charge in [0.2, 0.25) is 5.91 Å². The lowest BCUT2D eigenvalue weighted by Gasteiger charge is -2.18. The SMILES string of the molecule is CSCC[C@H](C(=O)NCc1nnnn1-c1ccccc1)n1cccc1. The van der Waals surface area contributed by atoms with Gasteiger partial charge in [-0.3, -0.25) is 4.79 Å². The molecule has 0 radical (unpaired) electrons. The molecule has 0 fully saturated rings. The van der Waals surface area contributed by atoms with Crippen LogP contribution in [0.2, 0.25) is 0 Å². The third kappa shape index (κ3) is 4.27. The van der Waals surface area contributed by atoms with Crippen LogP contribution in [-0.4, -0.2) is 42.7 Å². The first kappa shape index (κ1) is 17.2. The Balaban J connectivity index is 1.68. The Morgan fingerprint density at radius 2 is 1.96 bits per heavy atom. The van der Waals surface area contributed by atoms with Gasteiger partial charge in [0.15, 0.2) is 5.82 Å². The molecule has 0 aliphatic heterocycles. The normalized spacial score (nSPS) is 12.0. The first-order chi connectivity index (χ1) is 12.3. The lowest BCUT2D eigenvalue weighted by molar-refractivity contribution is -0.124. The number of carbonyl (C=O) groups excluding carboxylic acids is 1. The van der Waals surface area contributed by atoms with Crippen molar-refractivity contribution in [2.24, 2.45) is 0 Å². The van der Waals surface area contributed by atoms with E-state index < -0.39 is 0 Å². The van der Waals surface area contributed by atoms with Crippen LogP contribution in [0, 0.1) is 0 Å². The van der Waals surface area contributed by atoms with E-state index in [0.717, 1.165) is 17.9 Å². The number of tetrazole rings is 1. The summed E-state index contributed by atoms with van der Waals surface area (Å²) in [5.41, 5.74) is 0.862. The number of benzene rings is 1. The van der Waals surface area contributed by atoms with Crippen molar-refractivity contribution in [3.05, 3.63) is 60.7 Å². The number of hydrogen-bond acceptors (Lipinski definition) is 5. The van der Waals surface area contributed by atoms with Crippen LogP contribution in [-0.2, 0) is 11.3 Å². The van der Waals surface area contributed by atoms with E-state index in [1.807, 2.05) is 65.7 Å². The smallest absolute Gasteiger partial charge is 0.243 e. The second-order valence-electron chi connectivity index (χ2n) is 5.49. The number of amides is 1. The zero-order valence-corrected chi connectivity index (χ0v) is 14.8. The van der Waals surface area contributed by atoms with Crippen LogP contribution in [0.1, 0.15) is 18.3 Å². The molecule has 130 valence electrons. The summed E-state index contributed by atoms with van der Waals surface area (Å²) in [6.07, 6.45) is 6.64. The fourth-order valence-corrected chi connectivity index (χ4v) is 3.03. The molecule has 7 nitrogen and oxygen atoms in total. The van der Waals surface area contributed by atoms with E-state index in [1.165, 1.54) is 0 Å². The van der Waals surface area contributed by atoms with E-state index in [1.54, 1.807) is 16.4 Å². The largest absolute Gasteiger partial charge is 0.347 e. The van der Waals surface area contributed by atoms with Gasteiger partial charge >= 0.3 is 0 Å². The zero-order chi connectivity index (χ0) is 17.5. The van der Waals surface area contributed by atoms with Crippen molar-refractivity contribution < 1.29 is 4.79 Å². The summed E-state index contributed by atoms with van der Waals surface area (Å²) in [4.78, 5) is 12.7. The third-order valence-corrected chi connectivity index (χ3v) is 4.48. The number of thioether (sulfide) groups is 1. The molecule has 0 saturated heterocycles. The van der Waals surface area contributed by atoms with Crippen LogP contribution in [0.25, 0.3) is 5.69 Å². The summed E-state index contributed by atoms with van der Waals surface area (Å²) in [7, 11) is 0. The van der Waals surface area contributed by atoms with E-state index in [-0.39, 0.29) is 18.5 Å². The Labute approximate surface area is 150 Å². The summed E-state index contributed by atoms with van der Waals surface area (Å²) in [5, 5.41) is 14.7. The minimum absolute atomic E-state index is 0.0344. The zero-order valence-electron chi connectivity index (χ0n) is 13.9. The molecule has 3 aromatic rings. The van der Waals surface area contributed by atoms with Crippen LogP contribution in [0.3, 0.4) is 0 Å². The monoisotopic (exact) mass is 356 g/mol. The molecular weight excluding hydrogens is 336 g/mol. The lowest BCUT2D eigenvalue weighted by Crippen LogP contribution is -2.33. The summed E-state index contributed by atoms with van der Waals surface area (Å²) >= 11 is 1.73. The molecule has 0 unspecified atom stereocenters. The Bertz CT molecular complexity index is 787. The van der Waals surface area contributed by atoms with Crippen molar-refractivity contribution in [1.29, 1.82) is 0 Å². The summed E-state index contributed by atoms with van der Waals surface area (Å²) in [6.45, 7) is 0.276. The first-order valence-electron chi connectivity index (χ1n) is 8.01. The molecule has 2 aromatic heterocycles. The second kappa shape index (κ2) is 8.48. The highest BCUT2D eigenvalue weighted by Crippen LogP contribution is 2.15. The quantitative estimate of drug-likeness (QED) is 0.669. The molecule has 0 aliphatic rings. The van der Waals surface area contributed by atoms with Crippen molar-refractivity contribution in [3.8, 4) is 5.69 Å². The molecule has 1 N–H and O–H groups in total. The fraction of sp³-hybridized carbons (Fsp3) is 0.294. The summed E-state index contributed by atoms with van der Waals surface area (Å²) in [6, 6.07) is 13.2. The van der Waals surface area contributed by atoms with Crippen LogP contribution in [0.4, 0.5) is 0 Å². The molecule has 0 bridgehead atoms. The van der Waals surface area contributed by atoms with Gasteiger partial charge in [0.05, 0.1) is 12.2 Å². The van der Waals surface area contributed by atoms with Crippen molar-refractivity contribution >= 4 is 17.7 Å². The van der Waals surface area contributed by atoms with E-state index >= 15 is 0 Å². The Hall–Kier alpha value is -2.61. The maximum atomic E-state index is 12.7. The molecule has 1 amide bonds. The number of nitrogens with zero attached hydrogens (tertiary/aromatic N) is 5. The molecular formula is C17H20N6OS. The molecule has 25 heavy (non-hydrogen) atoms. The van der Waals surface area contributed by atoms with E-state index in [0.29, 0.717) is 5.82 Å². The van der Waals surface area contributed by atoms with E-state index in [2.05, 4.69) is 20.8 Å². The minimum atomic E-state index is -0.233. The maximum Gasteiger partial charge on any atom is 0.243 e. The van der Waals surface area contributed by atoms with Crippen LogP contribution in [0.5, 0.6) is 0 Å². The van der Waals surface area contributed by atoms with Crippen molar-refractivity contribution in [2.75, 3.05) is 12.0 Å². The highest BCUT2D eigenvalue weighted by atomic mass is 32.2. The second-order valence-corrected chi connectivity index (χ2v) is 6.47. The first-order valence-corrected chi connectivity index (χ1v) is 9.41. The number of aromatic nitrogens is 5. The number of rotatable bonds is 8. The van der Waals surface area contributed by atoms with Crippen molar-refractivity contribution in [1.82, 2.24) is 30.1 Å². The molecule has 0 spiro atoms. The molecule has 8 heteroatoms. The molecule has 3 rings (SSSR count). The minimum Gasteiger partial charge on any atom is -0.347 e. The number of hydrogen-bond donors (Lipinski definition) is 1. The summed E-state index contributed by atoms with van der Waals surface area (Å²) in [5.74, 6) is 1.47. The Morgan fingerprint density at radius 1 is 1.20 bits per heavy atom. The van der Waals surface area contributed by atoms with Crippen LogP contribution < -0.4 is 5.32 Å². The number of carbonyl (C=O) groups is 1. The van der Waals surface area contributed by atoms with E-state index in [9.17, 15) is 4.79 Å². The predicted molar refractivity (Wildman–Crippen MR) is 97.5 cm³/mol. The van der Waals surface area contributed by atoms with Crippen molar-refractivity contribution in [2.45, 2.75) is 19.0 Å². The maximum absolute atomic E-state index is 12.7. The fourth-order valence-electron chi connectivity index (χ4n) is 2.57. The highest BCUT2D eigenvalue weighted by molar-refractivity contribution is 7.98. The number of para-hydroxylation sites is 1. The van der Waals surface area contributed by atoms with Gasteiger partial charge < -0.3 is 9.88 Å².